The second-order valence-corrected chi connectivity index (χ2v) is 5.61. The number of hydrogen-bond donors (Lipinski definition) is 2. The van der Waals surface area contributed by atoms with E-state index in [0.29, 0.717) is 6.04 Å². The van der Waals surface area contributed by atoms with Crippen LogP contribution in [0.3, 0.4) is 0 Å². The van der Waals surface area contributed by atoms with Gasteiger partial charge in [0.05, 0.1) is 6.10 Å². The number of hydrogen-bond acceptors (Lipinski definition) is 3. The second kappa shape index (κ2) is 5.99. The van der Waals surface area contributed by atoms with E-state index in [0.717, 1.165) is 31.8 Å². The summed E-state index contributed by atoms with van der Waals surface area (Å²) in [4.78, 5) is 0. The lowest BCUT2D eigenvalue weighted by Crippen LogP contribution is -2.46. The molecule has 0 spiro atoms. The van der Waals surface area contributed by atoms with Crippen LogP contribution in [0.15, 0.2) is 0 Å². The fourth-order valence-corrected chi connectivity index (χ4v) is 3.03. The predicted molar refractivity (Wildman–Crippen MR) is 66.1 cm³/mol. The number of ether oxygens (including phenoxy) is 1. The van der Waals surface area contributed by atoms with Gasteiger partial charge in [-0.15, -0.1) is 0 Å². The predicted octanol–water partition coefficient (Wildman–Crippen LogP) is 1.79. The first-order chi connectivity index (χ1) is 7.75. The Morgan fingerprint density at radius 3 is 2.38 bits per heavy atom. The maximum absolute atomic E-state index is 6.08. The lowest BCUT2D eigenvalue weighted by molar-refractivity contribution is -0.0124. The summed E-state index contributed by atoms with van der Waals surface area (Å²) in [5.41, 5.74) is 12.0. The summed E-state index contributed by atoms with van der Waals surface area (Å²) in [6, 6.07) is 0.455. The molecule has 2 fully saturated rings. The Hall–Kier alpha value is -0.120. The van der Waals surface area contributed by atoms with E-state index in [1.165, 1.54) is 32.1 Å². The van der Waals surface area contributed by atoms with Gasteiger partial charge in [-0.05, 0) is 38.0 Å². The van der Waals surface area contributed by atoms with Gasteiger partial charge in [0.2, 0.25) is 0 Å². The molecule has 16 heavy (non-hydrogen) atoms. The number of nitrogens with two attached hydrogens (primary N) is 2. The van der Waals surface area contributed by atoms with Crippen LogP contribution in [0.2, 0.25) is 0 Å². The normalized spacial score (nSPS) is 37.5. The minimum atomic E-state index is 0.160. The molecule has 2 aliphatic carbocycles. The third-order valence-corrected chi connectivity index (χ3v) is 4.15. The molecule has 0 saturated heterocycles. The topological polar surface area (TPSA) is 61.3 Å². The standard InChI is InChI=1S/C13H26N2O/c14-11-6-7-13(12(15)8-11)16-9-10-4-2-1-3-5-10/h10-13H,1-9,14-15H2. The van der Waals surface area contributed by atoms with Crippen molar-refractivity contribution in [2.75, 3.05) is 6.61 Å². The maximum atomic E-state index is 6.08. The third-order valence-electron chi connectivity index (χ3n) is 4.15. The summed E-state index contributed by atoms with van der Waals surface area (Å²) in [5, 5.41) is 0. The molecule has 2 saturated carbocycles. The highest BCUT2D eigenvalue weighted by Gasteiger charge is 2.27. The fraction of sp³-hybridized carbons (Fsp3) is 1.00. The van der Waals surface area contributed by atoms with Gasteiger partial charge in [-0.2, -0.15) is 0 Å². The van der Waals surface area contributed by atoms with Crippen LogP contribution in [0.5, 0.6) is 0 Å². The van der Waals surface area contributed by atoms with Crippen molar-refractivity contribution in [2.45, 2.75) is 69.6 Å². The first-order valence-electron chi connectivity index (χ1n) is 6.88. The SMILES string of the molecule is NC1CCC(OCC2CCCCC2)C(N)C1. The summed E-state index contributed by atoms with van der Waals surface area (Å²) in [7, 11) is 0. The highest BCUT2D eigenvalue weighted by molar-refractivity contribution is 4.85. The van der Waals surface area contributed by atoms with E-state index in [4.69, 9.17) is 16.2 Å². The molecule has 2 aliphatic rings. The lowest BCUT2D eigenvalue weighted by atomic mass is 9.88. The lowest BCUT2D eigenvalue weighted by Gasteiger charge is -2.33. The minimum absolute atomic E-state index is 0.160. The zero-order chi connectivity index (χ0) is 11.4. The van der Waals surface area contributed by atoms with Crippen LogP contribution in [-0.4, -0.2) is 24.8 Å². The van der Waals surface area contributed by atoms with Crippen LogP contribution in [0, 0.1) is 5.92 Å². The van der Waals surface area contributed by atoms with E-state index in [-0.39, 0.29) is 12.1 Å². The van der Waals surface area contributed by atoms with Gasteiger partial charge in [0.15, 0.2) is 0 Å². The van der Waals surface area contributed by atoms with Crippen LogP contribution < -0.4 is 11.5 Å². The first kappa shape index (κ1) is 12.3. The van der Waals surface area contributed by atoms with Crippen molar-refractivity contribution >= 4 is 0 Å². The van der Waals surface area contributed by atoms with Crippen LogP contribution >= 0.6 is 0 Å². The fourth-order valence-electron chi connectivity index (χ4n) is 3.03. The third kappa shape index (κ3) is 3.44. The molecule has 0 aromatic heterocycles. The van der Waals surface area contributed by atoms with E-state index in [9.17, 15) is 0 Å². The van der Waals surface area contributed by atoms with Crippen LogP contribution in [-0.2, 0) is 4.74 Å². The van der Waals surface area contributed by atoms with Crippen molar-refractivity contribution in [3.8, 4) is 0 Å². The molecule has 4 N–H and O–H groups in total. The molecule has 0 bridgehead atoms. The van der Waals surface area contributed by atoms with Crippen molar-refractivity contribution in [3.63, 3.8) is 0 Å². The van der Waals surface area contributed by atoms with Crippen molar-refractivity contribution in [2.24, 2.45) is 17.4 Å². The minimum Gasteiger partial charge on any atom is -0.376 e. The summed E-state index contributed by atoms with van der Waals surface area (Å²) in [6.07, 6.45) is 10.2. The Balaban J connectivity index is 1.68. The molecular formula is C13H26N2O. The molecule has 2 rings (SSSR count). The van der Waals surface area contributed by atoms with Crippen molar-refractivity contribution < 1.29 is 4.74 Å². The van der Waals surface area contributed by atoms with Crippen LogP contribution in [0.1, 0.15) is 51.4 Å². The van der Waals surface area contributed by atoms with E-state index in [1.807, 2.05) is 0 Å². The highest BCUT2D eigenvalue weighted by Crippen LogP contribution is 2.26. The van der Waals surface area contributed by atoms with E-state index >= 15 is 0 Å². The maximum Gasteiger partial charge on any atom is 0.0727 e. The van der Waals surface area contributed by atoms with Gasteiger partial charge in [-0.25, -0.2) is 0 Å². The Morgan fingerprint density at radius 1 is 0.938 bits per heavy atom. The highest BCUT2D eigenvalue weighted by atomic mass is 16.5. The van der Waals surface area contributed by atoms with Crippen molar-refractivity contribution in [3.05, 3.63) is 0 Å². The van der Waals surface area contributed by atoms with Crippen molar-refractivity contribution in [1.82, 2.24) is 0 Å². The Labute approximate surface area is 98.9 Å². The van der Waals surface area contributed by atoms with E-state index in [2.05, 4.69) is 0 Å². The van der Waals surface area contributed by atoms with E-state index in [1.54, 1.807) is 0 Å². The molecule has 3 atom stereocenters. The monoisotopic (exact) mass is 226 g/mol. The van der Waals surface area contributed by atoms with Crippen LogP contribution in [0.25, 0.3) is 0 Å². The quantitative estimate of drug-likeness (QED) is 0.771. The van der Waals surface area contributed by atoms with Gasteiger partial charge in [-0.3, -0.25) is 0 Å². The van der Waals surface area contributed by atoms with Crippen LogP contribution in [0.4, 0.5) is 0 Å². The van der Waals surface area contributed by atoms with Gasteiger partial charge in [-0.1, -0.05) is 19.3 Å². The smallest absolute Gasteiger partial charge is 0.0727 e. The number of rotatable bonds is 3. The summed E-state index contributed by atoms with van der Waals surface area (Å²) in [6.45, 7) is 0.924. The molecule has 0 amide bonds. The molecule has 0 aromatic rings. The molecule has 3 heteroatoms. The Morgan fingerprint density at radius 2 is 1.69 bits per heavy atom. The molecule has 0 heterocycles. The molecule has 94 valence electrons. The molecular weight excluding hydrogens is 200 g/mol. The van der Waals surface area contributed by atoms with Gasteiger partial charge in [0, 0.05) is 18.7 Å². The second-order valence-electron chi connectivity index (χ2n) is 5.61. The average Bonchev–Trinajstić information content (AvgIpc) is 2.29. The van der Waals surface area contributed by atoms with Gasteiger partial charge >= 0.3 is 0 Å². The Kier molecular flexibility index (Phi) is 4.62. The largest absolute Gasteiger partial charge is 0.376 e. The van der Waals surface area contributed by atoms with Gasteiger partial charge in [0.25, 0.3) is 0 Å². The van der Waals surface area contributed by atoms with Gasteiger partial charge < -0.3 is 16.2 Å². The zero-order valence-electron chi connectivity index (χ0n) is 10.2. The zero-order valence-corrected chi connectivity index (χ0v) is 10.2. The molecule has 0 aliphatic heterocycles. The Bertz CT molecular complexity index is 204. The molecule has 3 nitrogen and oxygen atoms in total. The molecule has 3 unspecified atom stereocenters. The molecule has 0 aromatic carbocycles. The van der Waals surface area contributed by atoms with E-state index < -0.39 is 0 Å². The summed E-state index contributed by atoms with van der Waals surface area (Å²) >= 11 is 0. The first-order valence-corrected chi connectivity index (χ1v) is 6.88. The molecule has 0 radical (unpaired) electrons. The van der Waals surface area contributed by atoms with Crippen molar-refractivity contribution in [1.29, 1.82) is 0 Å². The average molecular weight is 226 g/mol. The van der Waals surface area contributed by atoms with Gasteiger partial charge in [0.1, 0.15) is 0 Å². The summed E-state index contributed by atoms with van der Waals surface area (Å²) < 4.78 is 6.00. The summed E-state index contributed by atoms with van der Waals surface area (Å²) in [5.74, 6) is 0.788.